The molecular weight excluding hydrogens is 507 g/mol. The van der Waals surface area contributed by atoms with E-state index in [0.717, 1.165) is 55.1 Å². The van der Waals surface area contributed by atoms with E-state index < -0.39 is 23.2 Å². The first-order valence-corrected chi connectivity index (χ1v) is 12.6. The molecule has 1 atom stereocenters. The molecule has 1 aliphatic rings. The summed E-state index contributed by atoms with van der Waals surface area (Å²) in [5.41, 5.74) is -2.68. The number of benzene rings is 2. The average Bonchev–Trinajstić information content (AvgIpc) is 2.87. The maximum Gasteiger partial charge on any atom is 0.430 e. The quantitative estimate of drug-likeness (QED) is 0.516. The van der Waals surface area contributed by atoms with Crippen molar-refractivity contribution < 1.29 is 27.9 Å². The van der Waals surface area contributed by atoms with Crippen LogP contribution in [-0.4, -0.2) is 73.7 Å². The standard InChI is InChI=1S/C27H33ClF3N3O3/c1-32(2)24(35)22-12-11-21(18-23(22)28)34-16-13-19(14-17-34)8-7-15-33(3)25(36)26(37,27(29,30)31)20-9-5-4-6-10-20/h4-6,9-12,18-19,37H,7-8,13-17H2,1-3H3/t26-/m0/s1. The topological polar surface area (TPSA) is 64.1 Å². The number of hydrogen-bond acceptors (Lipinski definition) is 4. The third-order valence-corrected chi connectivity index (χ3v) is 7.25. The molecule has 3 rings (SSSR count). The van der Waals surface area contributed by atoms with Gasteiger partial charge in [0.1, 0.15) is 0 Å². The molecule has 1 fully saturated rings. The molecule has 0 bridgehead atoms. The van der Waals surface area contributed by atoms with Crippen LogP contribution in [0.4, 0.5) is 18.9 Å². The van der Waals surface area contributed by atoms with Crippen molar-refractivity contribution in [2.45, 2.75) is 37.5 Å². The van der Waals surface area contributed by atoms with E-state index in [-0.39, 0.29) is 12.5 Å². The second kappa shape index (κ2) is 11.7. The second-order valence-electron chi connectivity index (χ2n) is 9.74. The van der Waals surface area contributed by atoms with Gasteiger partial charge < -0.3 is 19.8 Å². The van der Waals surface area contributed by atoms with Crippen LogP contribution in [0.3, 0.4) is 0 Å². The molecule has 10 heteroatoms. The molecule has 202 valence electrons. The number of halogens is 4. The summed E-state index contributed by atoms with van der Waals surface area (Å²) in [6, 6.07) is 11.9. The lowest BCUT2D eigenvalue weighted by molar-refractivity contribution is -0.261. The Kier molecular flexibility index (Phi) is 9.13. The maximum absolute atomic E-state index is 13.8. The number of nitrogens with zero attached hydrogens (tertiary/aromatic N) is 3. The largest absolute Gasteiger partial charge is 0.430 e. The van der Waals surface area contributed by atoms with Crippen LogP contribution in [0.15, 0.2) is 48.5 Å². The average molecular weight is 540 g/mol. The molecule has 1 saturated heterocycles. The van der Waals surface area contributed by atoms with E-state index >= 15 is 0 Å². The number of likely N-dealkylation sites (N-methyl/N-ethyl adjacent to an activating group) is 1. The van der Waals surface area contributed by atoms with Gasteiger partial charge in [-0.3, -0.25) is 9.59 Å². The van der Waals surface area contributed by atoms with Crippen LogP contribution in [0.25, 0.3) is 0 Å². The zero-order valence-electron chi connectivity index (χ0n) is 21.3. The van der Waals surface area contributed by atoms with Crippen molar-refractivity contribution in [2.24, 2.45) is 5.92 Å². The number of alkyl halides is 3. The van der Waals surface area contributed by atoms with Crippen LogP contribution in [0.2, 0.25) is 5.02 Å². The molecule has 1 aliphatic heterocycles. The van der Waals surface area contributed by atoms with Crippen LogP contribution >= 0.6 is 11.6 Å². The highest BCUT2D eigenvalue weighted by atomic mass is 35.5. The van der Waals surface area contributed by atoms with Crippen molar-refractivity contribution in [3.8, 4) is 0 Å². The molecule has 0 aromatic heterocycles. The van der Waals surface area contributed by atoms with Crippen molar-refractivity contribution in [1.29, 1.82) is 0 Å². The summed E-state index contributed by atoms with van der Waals surface area (Å²) in [6.45, 7) is 1.69. The molecule has 0 radical (unpaired) electrons. The third kappa shape index (κ3) is 6.38. The first-order chi connectivity index (χ1) is 17.4. The summed E-state index contributed by atoms with van der Waals surface area (Å²) in [6.07, 6.45) is -2.07. The highest BCUT2D eigenvalue weighted by Gasteiger charge is 2.61. The van der Waals surface area contributed by atoms with Gasteiger partial charge >= 0.3 is 6.18 Å². The molecule has 0 unspecified atom stereocenters. The zero-order chi connectivity index (χ0) is 27.4. The highest BCUT2D eigenvalue weighted by Crippen LogP contribution is 2.40. The van der Waals surface area contributed by atoms with Crippen LogP contribution < -0.4 is 4.90 Å². The number of piperidine rings is 1. The number of aliphatic hydroxyl groups is 1. The van der Waals surface area contributed by atoms with E-state index in [1.165, 1.54) is 30.1 Å². The number of anilines is 1. The summed E-state index contributed by atoms with van der Waals surface area (Å²) < 4.78 is 41.3. The Morgan fingerprint density at radius 2 is 1.68 bits per heavy atom. The van der Waals surface area contributed by atoms with E-state index in [1.54, 1.807) is 26.2 Å². The fourth-order valence-electron chi connectivity index (χ4n) is 4.68. The minimum Gasteiger partial charge on any atom is -0.371 e. The van der Waals surface area contributed by atoms with Gasteiger partial charge in [-0.25, -0.2) is 0 Å². The van der Waals surface area contributed by atoms with Gasteiger partial charge in [0.05, 0.1) is 10.6 Å². The summed E-state index contributed by atoms with van der Waals surface area (Å²) in [4.78, 5) is 29.6. The van der Waals surface area contributed by atoms with Gasteiger partial charge in [-0.05, 0) is 49.8 Å². The van der Waals surface area contributed by atoms with Gasteiger partial charge in [-0.15, -0.1) is 0 Å². The maximum atomic E-state index is 13.8. The van der Waals surface area contributed by atoms with Crippen LogP contribution in [0, 0.1) is 5.92 Å². The minimum atomic E-state index is -5.15. The van der Waals surface area contributed by atoms with Gasteiger partial charge in [-0.2, -0.15) is 13.2 Å². The zero-order valence-corrected chi connectivity index (χ0v) is 22.0. The fourth-order valence-corrected chi connectivity index (χ4v) is 4.93. The molecule has 2 aromatic rings. The molecule has 0 aliphatic carbocycles. The third-order valence-electron chi connectivity index (χ3n) is 6.93. The Bertz CT molecular complexity index is 1090. The van der Waals surface area contributed by atoms with Gasteiger partial charge in [0, 0.05) is 52.0 Å². The van der Waals surface area contributed by atoms with Crippen LogP contribution in [0.1, 0.15) is 41.6 Å². The van der Waals surface area contributed by atoms with E-state index in [4.69, 9.17) is 11.6 Å². The molecule has 0 spiro atoms. The normalized spacial score (nSPS) is 16.3. The lowest BCUT2D eigenvalue weighted by atomic mass is 9.90. The molecule has 0 saturated carbocycles. The van der Waals surface area contributed by atoms with E-state index in [0.29, 0.717) is 22.9 Å². The predicted molar refractivity (Wildman–Crippen MR) is 138 cm³/mol. The van der Waals surface area contributed by atoms with Crippen molar-refractivity contribution in [3.63, 3.8) is 0 Å². The molecule has 1 N–H and O–H groups in total. The Morgan fingerprint density at radius 3 is 2.22 bits per heavy atom. The first kappa shape index (κ1) is 28.8. The second-order valence-corrected chi connectivity index (χ2v) is 10.1. The van der Waals surface area contributed by atoms with Crippen molar-refractivity contribution in [3.05, 3.63) is 64.7 Å². The SMILES string of the molecule is CN(C)C(=O)c1ccc(N2CCC(CCCN(C)C(=O)[C@@](O)(c3ccccc3)C(F)(F)F)CC2)cc1Cl. The Balaban J connectivity index is 1.52. The number of amides is 2. The lowest BCUT2D eigenvalue weighted by Crippen LogP contribution is -2.55. The van der Waals surface area contributed by atoms with Crippen LogP contribution in [-0.2, 0) is 10.4 Å². The molecular formula is C27H33ClF3N3O3. The number of carbonyl (C=O) groups excluding carboxylic acids is 2. The smallest absolute Gasteiger partial charge is 0.371 e. The van der Waals surface area contributed by atoms with Crippen molar-refractivity contribution >= 4 is 29.1 Å². The summed E-state index contributed by atoms with van der Waals surface area (Å²) >= 11 is 6.34. The fraction of sp³-hybridized carbons (Fsp3) is 0.481. The van der Waals surface area contributed by atoms with Gasteiger partial charge in [0.25, 0.3) is 17.4 Å². The van der Waals surface area contributed by atoms with E-state index in [1.807, 2.05) is 6.07 Å². The molecule has 2 amide bonds. The molecule has 1 heterocycles. The van der Waals surface area contributed by atoms with Crippen LogP contribution in [0.5, 0.6) is 0 Å². The molecule has 2 aromatic carbocycles. The van der Waals surface area contributed by atoms with Crippen molar-refractivity contribution in [2.75, 3.05) is 45.7 Å². The Morgan fingerprint density at radius 1 is 1.05 bits per heavy atom. The summed E-state index contributed by atoms with van der Waals surface area (Å²) in [5, 5.41) is 10.9. The predicted octanol–water partition coefficient (Wildman–Crippen LogP) is 4.95. The Labute approximate surface area is 220 Å². The van der Waals surface area contributed by atoms with Gasteiger partial charge in [0.15, 0.2) is 0 Å². The van der Waals surface area contributed by atoms with Gasteiger partial charge in [0.2, 0.25) is 0 Å². The number of rotatable bonds is 8. The van der Waals surface area contributed by atoms with Crippen molar-refractivity contribution in [1.82, 2.24) is 9.80 Å². The van der Waals surface area contributed by atoms with Gasteiger partial charge in [-0.1, -0.05) is 41.9 Å². The summed E-state index contributed by atoms with van der Waals surface area (Å²) in [5.74, 6) is -1.16. The Hall–Kier alpha value is -2.78. The highest BCUT2D eigenvalue weighted by molar-refractivity contribution is 6.34. The first-order valence-electron chi connectivity index (χ1n) is 12.2. The monoisotopic (exact) mass is 539 g/mol. The molecule has 6 nitrogen and oxygen atoms in total. The van der Waals surface area contributed by atoms with E-state index in [9.17, 15) is 27.9 Å². The lowest BCUT2D eigenvalue weighted by Gasteiger charge is -2.35. The number of hydrogen-bond donors (Lipinski definition) is 1. The number of carbonyl (C=O) groups is 2. The summed E-state index contributed by atoms with van der Waals surface area (Å²) in [7, 11) is 4.63. The molecule has 37 heavy (non-hydrogen) atoms. The minimum absolute atomic E-state index is 0.112. The van der Waals surface area contributed by atoms with E-state index in [2.05, 4.69) is 4.90 Å².